The van der Waals surface area contributed by atoms with Crippen molar-refractivity contribution in [1.29, 1.82) is 0 Å². The molecule has 7 heteroatoms. The zero-order chi connectivity index (χ0) is 22.6. The number of pyridine rings is 2. The van der Waals surface area contributed by atoms with Gasteiger partial charge in [0, 0.05) is 29.7 Å². The second-order valence-electron chi connectivity index (χ2n) is 7.50. The van der Waals surface area contributed by atoms with E-state index in [0.717, 1.165) is 27.9 Å². The summed E-state index contributed by atoms with van der Waals surface area (Å²) in [7, 11) is -1.56. The van der Waals surface area contributed by atoms with Crippen LogP contribution in [0.15, 0.2) is 104 Å². The van der Waals surface area contributed by atoms with Crippen molar-refractivity contribution in [3.63, 3.8) is 0 Å². The minimum atomic E-state index is -1.56. The number of hydrogen-bond donors (Lipinski definition) is 2. The van der Waals surface area contributed by atoms with E-state index in [1.54, 1.807) is 30.6 Å². The van der Waals surface area contributed by atoms with Crippen molar-refractivity contribution in [2.24, 2.45) is 0 Å². The standard InChI is InChI=1S/C26H19BN4O2/c32-27(33)22-10-4-7-19(15-22)24-16-25(23-11-1-2-13-29-23)31-26(30-24)20-8-3-6-18(14-20)21-9-5-12-28-17-21/h1-17,32-33H. The lowest BCUT2D eigenvalue weighted by Gasteiger charge is -2.11. The Morgan fingerprint density at radius 2 is 1.36 bits per heavy atom. The van der Waals surface area contributed by atoms with E-state index < -0.39 is 7.12 Å². The van der Waals surface area contributed by atoms with Gasteiger partial charge in [-0.25, -0.2) is 9.97 Å². The molecule has 6 nitrogen and oxygen atoms in total. The Morgan fingerprint density at radius 1 is 0.576 bits per heavy atom. The van der Waals surface area contributed by atoms with Crippen molar-refractivity contribution in [2.45, 2.75) is 0 Å². The van der Waals surface area contributed by atoms with Crippen LogP contribution in [0.5, 0.6) is 0 Å². The van der Waals surface area contributed by atoms with Gasteiger partial charge < -0.3 is 10.0 Å². The smallest absolute Gasteiger partial charge is 0.423 e. The van der Waals surface area contributed by atoms with E-state index in [4.69, 9.17) is 9.97 Å². The third-order valence-corrected chi connectivity index (χ3v) is 5.25. The van der Waals surface area contributed by atoms with Crippen LogP contribution in [0.3, 0.4) is 0 Å². The monoisotopic (exact) mass is 430 g/mol. The largest absolute Gasteiger partial charge is 0.488 e. The molecule has 2 N–H and O–H groups in total. The zero-order valence-electron chi connectivity index (χ0n) is 17.6. The molecule has 0 atom stereocenters. The van der Waals surface area contributed by atoms with E-state index in [1.165, 1.54) is 0 Å². The highest BCUT2D eigenvalue weighted by atomic mass is 16.4. The van der Waals surface area contributed by atoms with Gasteiger partial charge in [0.15, 0.2) is 5.82 Å². The number of aromatic nitrogens is 4. The zero-order valence-corrected chi connectivity index (χ0v) is 17.6. The molecule has 0 radical (unpaired) electrons. The fourth-order valence-electron chi connectivity index (χ4n) is 3.60. The molecule has 0 fully saturated rings. The van der Waals surface area contributed by atoms with Gasteiger partial charge in [-0.05, 0) is 46.9 Å². The van der Waals surface area contributed by atoms with Crippen LogP contribution in [0, 0.1) is 0 Å². The number of rotatable bonds is 5. The van der Waals surface area contributed by atoms with Crippen LogP contribution in [0.2, 0.25) is 0 Å². The molecule has 0 saturated heterocycles. The first-order valence-corrected chi connectivity index (χ1v) is 10.5. The van der Waals surface area contributed by atoms with Crippen molar-refractivity contribution < 1.29 is 10.0 Å². The van der Waals surface area contributed by atoms with E-state index in [0.29, 0.717) is 22.7 Å². The Kier molecular flexibility index (Phi) is 5.72. The molecule has 3 heterocycles. The summed E-state index contributed by atoms with van der Waals surface area (Å²) >= 11 is 0. The third kappa shape index (κ3) is 4.55. The van der Waals surface area contributed by atoms with Gasteiger partial charge in [0.2, 0.25) is 0 Å². The first-order valence-electron chi connectivity index (χ1n) is 10.5. The predicted octanol–water partition coefficient (Wildman–Crippen LogP) is 3.61. The highest BCUT2D eigenvalue weighted by Gasteiger charge is 2.15. The minimum absolute atomic E-state index is 0.394. The summed E-state index contributed by atoms with van der Waals surface area (Å²) in [6.07, 6.45) is 5.29. The lowest BCUT2D eigenvalue weighted by molar-refractivity contribution is 0.426. The number of nitrogens with zero attached hydrogens (tertiary/aromatic N) is 4. The summed E-state index contributed by atoms with van der Waals surface area (Å²) in [6, 6.07) is 26.5. The van der Waals surface area contributed by atoms with E-state index in [2.05, 4.69) is 9.97 Å². The van der Waals surface area contributed by atoms with E-state index in [-0.39, 0.29) is 0 Å². The molecule has 5 aromatic rings. The van der Waals surface area contributed by atoms with Gasteiger partial charge in [0.05, 0.1) is 17.1 Å². The summed E-state index contributed by atoms with van der Waals surface area (Å²) < 4.78 is 0. The summed E-state index contributed by atoms with van der Waals surface area (Å²) in [5.74, 6) is 0.550. The molecule has 158 valence electrons. The van der Waals surface area contributed by atoms with Crippen LogP contribution in [-0.4, -0.2) is 37.1 Å². The fourth-order valence-corrected chi connectivity index (χ4v) is 3.60. The maximum atomic E-state index is 9.61. The van der Waals surface area contributed by atoms with Crippen LogP contribution < -0.4 is 5.46 Å². The lowest BCUT2D eigenvalue weighted by Crippen LogP contribution is -2.29. The molecule has 5 rings (SSSR count). The summed E-state index contributed by atoms with van der Waals surface area (Å²) in [6.45, 7) is 0. The Balaban J connectivity index is 1.67. The average molecular weight is 430 g/mol. The quantitative estimate of drug-likeness (QED) is 0.414. The Bertz CT molecular complexity index is 1400. The van der Waals surface area contributed by atoms with Gasteiger partial charge in [-0.2, -0.15) is 0 Å². The Hall–Kier alpha value is -4.20. The predicted molar refractivity (Wildman–Crippen MR) is 129 cm³/mol. The first kappa shape index (κ1) is 20.7. The van der Waals surface area contributed by atoms with Crippen molar-refractivity contribution in [1.82, 2.24) is 19.9 Å². The fraction of sp³-hybridized carbons (Fsp3) is 0. The Labute approximate surface area is 191 Å². The molecule has 0 unspecified atom stereocenters. The van der Waals surface area contributed by atoms with Crippen LogP contribution in [0.1, 0.15) is 0 Å². The molecule has 0 aliphatic carbocycles. The van der Waals surface area contributed by atoms with Crippen molar-refractivity contribution in [2.75, 3.05) is 0 Å². The van der Waals surface area contributed by atoms with Crippen LogP contribution in [-0.2, 0) is 0 Å². The van der Waals surface area contributed by atoms with Gasteiger partial charge in [0.25, 0.3) is 0 Å². The molecular formula is C26H19BN4O2. The van der Waals surface area contributed by atoms with Crippen molar-refractivity contribution in [3.05, 3.63) is 104 Å². The second-order valence-corrected chi connectivity index (χ2v) is 7.50. The van der Waals surface area contributed by atoms with E-state index in [9.17, 15) is 10.0 Å². The Morgan fingerprint density at radius 3 is 2.15 bits per heavy atom. The van der Waals surface area contributed by atoms with Crippen LogP contribution in [0.25, 0.3) is 45.2 Å². The van der Waals surface area contributed by atoms with E-state index >= 15 is 0 Å². The number of benzene rings is 2. The normalized spacial score (nSPS) is 10.7. The lowest BCUT2D eigenvalue weighted by atomic mass is 9.79. The summed E-state index contributed by atoms with van der Waals surface area (Å²) in [5.41, 5.74) is 6.09. The average Bonchev–Trinajstić information content (AvgIpc) is 2.89. The first-order chi connectivity index (χ1) is 16.2. The summed E-state index contributed by atoms with van der Waals surface area (Å²) in [4.78, 5) is 18.3. The third-order valence-electron chi connectivity index (χ3n) is 5.25. The van der Waals surface area contributed by atoms with Crippen molar-refractivity contribution in [3.8, 4) is 45.2 Å². The van der Waals surface area contributed by atoms with Gasteiger partial charge in [-0.3, -0.25) is 9.97 Å². The maximum absolute atomic E-state index is 9.61. The highest BCUT2D eigenvalue weighted by Crippen LogP contribution is 2.28. The molecule has 2 aromatic carbocycles. The van der Waals surface area contributed by atoms with Crippen molar-refractivity contribution >= 4 is 12.6 Å². The highest BCUT2D eigenvalue weighted by molar-refractivity contribution is 6.58. The SMILES string of the molecule is OB(O)c1cccc(-c2cc(-c3ccccn3)nc(-c3cccc(-c4cccnc4)c3)n2)c1. The van der Waals surface area contributed by atoms with Gasteiger partial charge in [0.1, 0.15) is 0 Å². The van der Waals surface area contributed by atoms with E-state index in [1.807, 2.05) is 72.9 Å². The molecule has 0 aliphatic heterocycles. The topological polar surface area (TPSA) is 92.0 Å². The van der Waals surface area contributed by atoms with Crippen LogP contribution in [0.4, 0.5) is 0 Å². The minimum Gasteiger partial charge on any atom is -0.423 e. The molecule has 0 spiro atoms. The maximum Gasteiger partial charge on any atom is 0.488 e. The molecule has 0 amide bonds. The molecule has 3 aromatic heterocycles. The molecule has 33 heavy (non-hydrogen) atoms. The van der Waals surface area contributed by atoms with Gasteiger partial charge >= 0.3 is 7.12 Å². The number of hydrogen-bond acceptors (Lipinski definition) is 6. The molecule has 0 saturated carbocycles. The second kappa shape index (κ2) is 9.12. The summed E-state index contributed by atoms with van der Waals surface area (Å²) in [5, 5.41) is 19.2. The molecule has 0 bridgehead atoms. The van der Waals surface area contributed by atoms with Gasteiger partial charge in [-0.15, -0.1) is 0 Å². The molecule has 0 aliphatic rings. The molecular weight excluding hydrogens is 411 g/mol. The van der Waals surface area contributed by atoms with Crippen LogP contribution >= 0.6 is 0 Å². The van der Waals surface area contributed by atoms with Gasteiger partial charge in [-0.1, -0.05) is 54.6 Å².